The lowest BCUT2D eigenvalue weighted by molar-refractivity contribution is -0.126. The molecule has 1 rings (SSSR count). The van der Waals surface area contributed by atoms with E-state index in [1.807, 2.05) is 25.9 Å². The number of nitrogens with one attached hydrogen (secondary N) is 1. The van der Waals surface area contributed by atoms with Crippen LogP contribution >= 0.6 is 0 Å². The molecule has 5 heteroatoms. The van der Waals surface area contributed by atoms with Crippen LogP contribution in [0.1, 0.15) is 13.3 Å². The number of urea groups is 1. The van der Waals surface area contributed by atoms with E-state index < -0.39 is 0 Å². The third-order valence-corrected chi connectivity index (χ3v) is 2.31. The first-order valence-electron chi connectivity index (χ1n) is 4.77. The first-order valence-corrected chi connectivity index (χ1v) is 4.77. The molecule has 0 aromatic heterocycles. The maximum Gasteiger partial charge on any atom is 0.324 e. The lowest BCUT2D eigenvalue weighted by Gasteiger charge is -2.22. The van der Waals surface area contributed by atoms with Gasteiger partial charge < -0.3 is 10.2 Å². The van der Waals surface area contributed by atoms with Gasteiger partial charge in [0, 0.05) is 6.04 Å². The van der Waals surface area contributed by atoms with Crippen molar-refractivity contribution in [3.05, 3.63) is 0 Å². The Bertz CT molecular complexity index is 224. The van der Waals surface area contributed by atoms with Gasteiger partial charge in [0.15, 0.2) is 0 Å². The van der Waals surface area contributed by atoms with E-state index >= 15 is 0 Å². The summed E-state index contributed by atoms with van der Waals surface area (Å²) >= 11 is 0. The highest BCUT2D eigenvalue weighted by Gasteiger charge is 2.32. The Balaban J connectivity index is 2.46. The number of nitrogens with zero attached hydrogens (tertiary/aromatic N) is 2. The fourth-order valence-electron chi connectivity index (χ4n) is 1.45. The maximum absolute atomic E-state index is 11.3. The SMILES string of the molecule is CC(CCN(C)C)N1C(=O)CNC1=O. The van der Waals surface area contributed by atoms with Crippen molar-refractivity contribution in [2.75, 3.05) is 27.2 Å². The molecule has 1 atom stereocenters. The van der Waals surface area contributed by atoms with Crippen molar-refractivity contribution >= 4 is 11.9 Å². The van der Waals surface area contributed by atoms with Crippen molar-refractivity contribution < 1.29 is 9.59 Å². The molecule has 0 aromatic rings. The van der Waals surface area contributed by atoms with Crippen LogP contribution in [-0.4, -0.2) is 55.0 Å². The van der Waals surface area contributed by atoms with E-state index in [0.29, 0.717) is 0 Å². The van der Waals surface area contributed by atoms with E-state index in [1.165, 1.54) is 4.90 Å². The highest BCUT2D eigenvalue weighted by Crippen LogP contribution is 2.08. The molecule has 1 fully saturated rings. The van der Waals surface area contributed by atoms with Crippen LogP contribution in [0.3, 0.4) is 0 Å². The maximum atomic E-state index is 11.3. The summed E-state index contributed by atoms with van der Waals surface area (Å²) in [6.45, 7) is 2.91. The van der Waals surface area contributed by atoms with Gasteiger partial charge in [0.2, 0.25) is 5.91 Å². The normalized spacial score (nSPS) is 19.0. The van der Waals surface area contributed by atoms with Gasteiger partial charge in [0.25, 0.3) is 0 Å². The summed E-state index contributed by atoms with van der Waals surface area (Å²) in [5.74, 6) is -0.124. The molecule has 0 radical (unpaired) electrons. The van der Waals surface area contributed by atoms with Crippen LogP contribution < -0.4 is 5.32 Å². The van der Waals surface area contributed by atoms with E-state index in [4.69, 9.17) is 0 Å². The Kier molecular flexibility index (Phi) is 3.46. The zero-order chi connectivity index (χ0) is 10.7. The van der Waals surface area contributed by atoms with E-state index in [-0.39, 0.29) is 24.5 Å². The third kappa shape index (κ3) is 2.45. The molecular formula is C9H17N3O2. The molecule has 1 aliphatic rings. The summed E-state index contributed by atoms with van der Waals surface area (Å²) in [5, 5.41) is 2.51. The standard InChI is InChI=1S/C9H17N3O2/c1-7(4-5-11(2)3)12-8(13)6-10-9(12)14/h7H,4-6H2,1-3H3,(H,10,14). The van der Waals surface area contributed by atoms with Crippen LogP contribution in [0.25, 0.3) is 0 Å². The molecule has 1 saturated heterocycles. The molecule has 5 nitrogen and oxygen atoms in total. The molecule has 0 bridgehead atoms. The molecule has 0 aliphatic carbocycles. The van der Waals surface area contributed by atoms with E-state index in [9.17, 15) is 9.59 Å². The van der Waals surface area contributed by atoms with Crippen molar-refractivity contribution in [3.63, 3.8) is 0 Å². The van der Waals surface area contributed by atoms with Crippen molar-refractivity contribution in [1.82, 2.24) is 15.1 Å². The first-order chi connectivity index (χ1) is 6.52. The van der Waals surface area contributed by atoms with Gasteiger partial charge in [-0.1, -0.05) is 0 Å². The molecular weight excluding hydrogens is 182 g/mol. The largest absolute Gasteiger partial charge is 0.329 e. The average Bonchev–Trinajstić information content (AvgIpc) is 2.42. The van der Waals surface area contributed by atoms with Gasteiger partial charge in [-0.25, -0.2) is 4.79 Å². The van der Waals surface area contributed by atoms with Crippen molar-refractivity contribution in [2.24, 2.45) is 0 Å². The van der Waals surface area contributed by atoms with Gasteiger partial charge in [0.1, 0.15) is 0 Å². The average molecular weight is 199 g/mol. The number of rotatable bonds is 4. The number of carbonyl (C=O) groups excluding carboxylic acids is 2. The van der Waals surface area contributed by atoms with Gasteiger partial charge in [-0.2, -0.15) is 0 Å². The summed E-state index contributed by atoms with van der Waals surface area (Å²) in [6, 6.07) is -0.284. The van der Waals surface area contributed by atoms with Crippen LogP contribution in [0.15, 0.2) is 0 Å². The summed E-state index contributed by atoms with van der Waals surface area (Å²) in [7, 11) is 3.94. The lowest BCUT2D eigenvalue weighted by atomic mass is 10.2. The summed E-state index contributed by atoms with van der Waals surface area (Å²) in [5.41, 5.74) is 0. The van der Waals surface area contributed by atoms with Crippen LogP contribution in [0.5, 0.6) is 0 Å². The second kappa shape index (κ2) is 4.41. The molecule has 1 unspecified atom stereocenters. The Morgan fingerprint density at radius 3 is 2.57 bits per heavy atom. The van der Waals surface area contributed by atoms with Crippen LogP contribution in [0.2, 0.25) is 0 Å². The van der Waals surface area contributed by atoms with Crippen LogP contribution in [0, 0.1) is 0 Å². The smallest absolute Gasteiger partial charge is 0.324 e. The second-order valence-electron chi connectivity index (χ2n) is 3.86. The van der Waals surface area contributed by atoms with E-state index in [0.717, 1.165) is 13.0 Å². The van der Waals surface area contributed by atoms with Gasteiger partial charge in [-0.05, 0) is 34.0 Å². The molecule has 1 N–H and O–H groups in total. The highest BCUT2D eigenvalue weighted by atomic mass is 16.2. The molecule has 1 aliphatic heterocycles. The minimum atomic E-state index is -0.263. The molecule has 0 spiro atoms. The topological polar surface area (TPSA) is 52.6 Å². The van der Waals surface area contributed by atoms with Gasteiger partial charge in [-0.3, -0.25) is 9.69 Å². The Hall–Kier alpha value is -1.10. The van der Waals surface area contributed by atoms with Gasteiger partial charge in [0.05, 0.1) is 6.54 Å². The van der Waals surface area contributed by atoms with Crippen molar-refractivity contribution in [3.8, 4) is 0 Å². The van der Waals surface area contributed by atoms with E-state index in [2.05, 4.69) is 5.32 Å². The molecule has 80 valence electrons. The number of hydrogen-bond acceptors (Lipinski definition) is 3. The minimum absolute atomic E-state index is 0.0209. The quantitative estimate of drug-likeness (QED) is 0.642. The monoisotopic (exact) mass is 199 g/mol. The zero-order valence-corrected chi connectivity index (χ0v) is 8.91. The number of hydrogen-bond donors (Lipinski definition) is 1. The zero-order valence-electron chi connectivity index (χ0n) is 8.91. The number of amides is 3. The Morgan fingerprint density at radius 1 is 1.50 bits per heavy atom. The minimum Gasteiger partial charge on any atom is -0.329 e. The van der Waals surface area contributed by atoms with Gasteiger partial charge in [-0.15, -0.1) is 0 Å². The van der Waals surface area contributed by atoms with Crippen molar-refractivity contribution in [1.29, 1.82) is 0 Å². The number of imide groups is 1. The second-order valence-corrected chi connectivity index (χ2v) is 3.86. The fraction of sp³-hybridized carbons (Fsp3) is 0.778. The van der Waals surface area contributed by atoms with Gasteiger partial charge >= 0.3 is 6.03 Å². The van der Waals surface area contributed by atoms with Crippen LogP contribution in [0.4, 0.5) is 4.79 Å². The van der Waals surface area contributed by atoms with Crippen molar-refractivity contribution in [2.45, 2.75) is 19.4 Å². The molecule has 14 heavy (non-hydrogen) atoms. The molecule has 0 aromatic carbocycles. The summed E-state index contributed by atoms with van der Waals surface area (Å²) < 4.78 is 0. The fourth-order valence-corrected chi connectivity index (χ4v) is 1.45. The third-order valence-electron chi connectivity index (χ3n) is 2.31. The number of carbonyl (C=O) groups is 2. The predicted molar refractivity (Wildman–Crippen MR) is 52.9 cm³/mol. The summed E-state index contributed by atoms with van der Waals surface area (Å²) in [4.78, 5) is 25.9. The Morgan fingerprint density at radius 2 is 2.14 bits per heavy atom. The molecule has 0 saturated carbocycles. The van der Waals surface area contributed by atoms with Crippen LogP contribution in [-0.2, 0) is 4.79 Å². The first kappa shape index (κ1) is 11.0. The highest BCUT2D eigenvalue weighted by molar-refractivity contribution is 6.02. The van der Waals surface area contributed by atoms with E-state index in [1.54, 1.807) is 0 Å². The molecule has 1 heterocycles. The predicted octanol–water partition coefficient (Wildman–Crippen LogP) is -0.122. The summed E-state index contributed by atoms with van der Waals surface area (Å²) in [6.07, 6.45) is 0.812. The Labute approximate surface area is 84.0 Å². The molecule has 3 amide bonds. The lowest BCUT2D eigenvalue weighted by Crippen LogP contribution is -2.40.